The number of benzene rings is 1. The molecule has 1 unspecified atom stereocenters. The number of nitrogens with zero attached hydrogens (tertiary/aromatic N) is 1. The molecular weight excluding hydrogens is 275 g/mol. The van der Waals surface area contributed by atoms with Crippen molar-refractivity contribution in [3.8, 4) is 17.2 Å². The van der Waals surface area contributed by atoms with Gasteiger partial charge in [0.1, 0.15) is 5.82 Å². The van der Waals surface area contributed by atoms with Crippen molar-refractivity contribution in [3.05, 3.63) is 47.5 Å². The average molecular weight is 292 g/mol. The number of methoxy groups -OCH3 is 3. The molecule has 5 nitrogen and oxygen atoms in total. The first-order chi connectivity index (χ1) is 10.1. The maximum absolute atomic E-state index is 13.3. The fraction of sp³-hybridized carbons (Fsp3) is 0.267. The van der Waals surface area contributed by atoms with Crippen LogP contribution in [0.1, 0.15) is 17.2 Å². The molecule has 6 heteroatoms. The van der Waals surface area contributed by atoms with Gasteiger partial charge in [-0.05, 0) is 29.3 Å². The molecule has 1 aromatic heterocycles. The van der Waals surface area contributed by atoms with Crippen molar-refractivity contribution in [2.24, 2.45) is 5.73 Å². The van der Waals surface area contributed by atoms with Crippen molar-refractivity contribution in [2.45, 2.75) is 6.04 Å². The zero-order chi connectivity index (χ0) is 15.4. The zero-order valence-corrected chi connectivity index (χ0v) is 12.1. The highest BCUT2D eigenvalue weighted by Crippen LogP contribution is 2.40. The quantitative estimate of drug-likeness (QED) is 0.916. The molecule has 0 radical (unpaired) electrons. The number of aromatic nitrogens is 1. The topological polar surface area (TPSA) is 66.6 Å². The van der Waals surface area contributed by atoms with Crippen LogP contribution in [0.2, 0.25) is 0 Å². The minimum absolute atomic E-state index is 0.435. The zero-order valence-electron chi connectivity index (χ0n) is 12.1. The van der Waals surface area contributed by atoms with E-state index in [1.165, 1.54) is 33.6 Å². The van der Waals surface area contributed by atoms with Crippen LogP contribution in [0, 0.1) is 5.82 Å². The minimum Gasteiger partial charge on any atom is -0.493 e. The smallest absolute Gasteiger partial charge is 0.203 e. The highest BCUT2D eigenvalue weighted by Gasteiger charge is 2.18. The molecule has 0 aliphatic rings. The average Bonchev–Trinajstić information content (AvgIpc) is 2.52. The van der Waals surface area contributed by atoms with Crippen molar-refractivity contribution >= 4 is 0 Å². The standard InChI is InChI=1S/C15H17FN2O3/c1-19-12-5-9(6-13(20-2)15(12)21-3)14(17)10-4-11(16)8-18-7-10/h4-8,14H,17H2,1-3H3. The van der Waals surface area contributed by atoms with E-state index in [9.17, 15) is 4.39 Å². The maximum Gasteiger partial charge on any atom is 0.203 e. The van der Waals surface area contributed by atoms with E-state index in [1.54, 1.807) is 12.1 Å². The summed E-state index contributed by atoms with van der Waals surface area (Å²) in [6, 6.07) is 4.26. The summed E-state index contributed by atoms with van der Waals surface area (Å²) in [4.78, 5) is 3.81. The van der Waals surface area contributed by atoms with Crippen LogP contribution in [-0.4, -0.2) is 26.3 Å². The molecule has 1 heterocycles. The Morgan fingerprint density at radius 3 is 2.05 bits per heavy atom. The number of rotatable bonds is 5. The second-order valence-electron chi connectivity index (χ2n) is 4.37. The highest BCUT2D eigenvalue weighted by molar-refractivity contribution is 5.55. The van der Waals surface area contributed by atoms with E-state index in [0.717, 1.165) is 6.20 Å². The summed E-state index contributed by atoms with van der Waals surface area (Å²) in [7, 11) is 4.57. The molecule has 0 amide bonds. The van der Waals surface area contributed by atoms with E-state index in [2.05, 4.69) is 4.98 Å². The van der Waals surface area contributed by atoms with E-state index in [4.69, 9.17) is 19.9 Å². The minimum atomic E-state index is -0.554. The Morgan fingerprint density at radius 1 is 0.952 bits per heavy atom. The lowest BCUT2D eigenvalue weighted by Crippen LogP contribution is -2.13. The fourth-order valence-electron chi connectivity index (χ4n) is 2.07. The number of ether oxygens (including phenoxy) is 3. The van der Waals surface area contributed by atoms with Crippen LogP contribution in [0.5, 0.6) is 17.2 Å². The summed E-state index contributed by atoms with van der Waals surface area (Å²) in [5.74, 6) is 1.03. The number of pyridine rings is 1. The summed E-state index contributed by atoms with van der Waals surface area (Å²) >= 11 is 0. The molecule has 112 valence electrons. The maximum atomic E-state index is 13.3. The molecule has 0 saturated heterocycles. The predicted molar refractivity (Wildman–Crippen MR) is 76.3 cm³/mol. The van der Waals surface area contributed by atoms with Crippen LogP contribution in [0.25, 0.3) is 0 Å². The van der Waals surface area contributed by atoms with E-state index >= 15 is 0 Å². The molecule has 2 N–H and O–H groups in total. The summed E-state index contributed by atoms with van der Waals surface area (Å²) in [6.07, 6.45) is 2.66. The molecule has 1 aromatic carbocycles. The summed E-state index contributed by atoms with van der Waals surface area (Å²) in [6.45, 7) is 0. The van der Waals surface area contributed by atoms with Gasteiger partial charge < -0.3 is 19.9 Å². The Kier molecular flexibility index (Phi) is 4.59. The third-order valence-electron chi connectivity index (χ3n) is 3.13. The van der Waals surface area contributed by atoms with Crippen LogP contribution in [-0.2, 0) is 0 Å². The molecule has 2 aromatic rings. The first-order valence-corrected chi connectivity index (χ1v) is 6.26. The lowest BCUT2D eigenvalue weighted by Gasteiger charge is -2.17. The summed E-state index contributed by atoms with van der Waals surface area (Å²) in [5, 5.41) is 0. The molecule has 0 aliphatic carbocycles. The molecule has 21 heavy (non-hydrogen) atoms. The van der Waals surface area contributed by atoms with Gasteiger partial charge >= 0.3 is 0 Å². The SMILES string of the molecule is COc1cc(C(N)c2cncc(F)c2)cc(OC)c1OC. The van der Waals surface area contributed by atoms with Gasteiger partial charge in [-0.2, -0.15) is 0 Å². The molecule has 2 rings (SSSR count). The van der Waals surface area contributed by atoms with Crippen molar-refractivity contribution in [3.63, 3.8) is 0 Å². The highest BCUT2D eigenvalue weighted by atomic mass is 19.1. The van der Waals surface area contributed by atoms with Gasteiger partial charge in [0.2, 0.25) is 5.75 Å². The third-order valence-corrected chi connectivity index (χ3v) is 3.13. The van der Waals surface area contributed by atoms with Crippen LogP contribution >= 0.6 is 0 Å². The fourth-order valence-corrected chi connectivity index (χ4v) is 2.07. The Morgan fingerprint density at radius 2 is 1.57 bits per heavy atom. The van der Waals surface area contributed by atoms with E-state index < -0.39 is 11.9 Å². The molecule has 0 aliphatic heterocycles. The Labute approximate surface area is 122 Å². The van der Waals surface area contributed by atoms with Crippen molar-refractivity contribution in [1.29, 1.82) is 0 Å². The first kappa shape index (κ1) is 15.1. The Hall–Kier alpha value is -2.34. The largest absolute Gasteiger partial charge is 0.493 e. The second-order valence-corrected chi connectivity index (χ2v) is 4.37. The summed E-state index contributed by atoms with van der Waals surface area (Å²) in [5.41, 5.74) is 7.43. The lowest BCUT2D eigenvalue weighted by molar-refractivity contribution is 0.323. The Balaban J connectivity index is 2.48. The number of halogens is 1. The summed E-state index contributed by atoms with van der Waals surface area (Å²) < 4.78 is 29.1. The molecule has 0 spiro atoms. The second kappa shape index (κ2) is 6.41. The van der Waals surface area contributed by atoms with Crippen LogP contribution < -0.4 is 19.9 Å². The van der Waals surface area contributed by atoms with Crippen molar-refractivity contribution in [1.82, 2.24) is 4.98 Å². The Bertz CT molecular complexity index is 609. The van der Waals surface area contributed by atoms with Gasteiger partial charge in [-0.1, -0.05) is 0 Å². The van der Waals surface area contributed by atoms with E-state index in [-0.39, 0.29) is 0 Å². The van der Waals surface area contributed by atoms with Crippen LogP contribution in [0.4, 0.5) is 4.39 Å². The van der Waals surface area contributed by atoms with E-state index in [0.29, 0.717) is 28.4 Å². The molecule has 0 saturated carbocycles. The molecular formula is C15H17FN2O3. The van der Waals surface area contributed by atoms with Crippen molar-refractivity contribution in [2.75, 3.05) is 21.3 Å². The molecule has 0 bridgehead atoms. The molecule has 0 fully saturated rings. The number of hydrogen-bond donors (Lipinski definition) is 1. The van der Waals surface area contributed by atoms with Gasteiger partial charge in [0.25, 0.3) is 0 Å². The third kappa shape index (κ3) is 3.05. The van der Waals surface area contributed by atoms with Gasteiger partial charge in [0.15, 0.2) is 11.5 Å². The lowest BCUT2D eigenvalue weighted by atomic mass is 10.00. The van der Waals surface area contributed by atoms with E-state index in [1.807, 2.05) is 0 Å². The van der Waals surface area contributed by atoms with Gasteiger partial charge in [0, 0.05) is 6.20 Å². The van der Waals surface area contributed by atoms with Gasteiger partial charge in [-0.25, -0.2) is 4.39 Å². The first-order valence-electron chi connectivity index (χ1n) is 6.26. The van der Waals surface area contributed by atoms with Gasteiger partial charge in [-0.3, -0.25) is 4.98 Å². The van der Waals surface area contributed by atoms with Crippen LogP contribution in [0.15, 0.2) is 30.6 Å². The van der Waals surface area contributed by atoms with Crippen molar-refractivity contribution < 1.29 is 18.6 Å². The number of nitrogens with two attached hydrogens (primary N) is 1. The number of hydrogen-bond acceptors (Lipinski definition) is 5. The normalized spacial score (nSPS) is 11.9. The van der Waals surface area contributed by atoms with Crippen LogP contribution in [0.3, 0.4) is 0 Å². The van der Waals surface area contributed by atoms with Gasteiger partial charge in [-0.15, -0.1) is 0 Å². The monoisotopic (exact) mass is 292 g/mol. The predicted octanol–water partition coefficient (Wildman–Crippen LogP) is 2.29. The van der Waals surface area contributed by atoms with Gasteiger partial charge in [0.05, 0.1) is 33.6 Å². The molecule has 1 atom stereocenters.